The normalized spacial score (nSPS) is 17.5. The minimum absolute atomic E-state index is 0.322. The zero-order valence-corrected chi connectivity index (χ0v) is 26.0. The molecule has 224 valence electrons. The largest absolute Gasteiger partial charge is 0.456 e. The highest BCUT2D eigenvalue weighted by atomic mass is 16.3. The summed E-state index contributed by atoms with van der Waals surface area (Å²) in [6.07, 6.45) is 15.9. The van der Waals surface area contributed by atoms with Crippen LogP contribution < -0.4 is 0 Å². The summed E-state index contributed by atoms with van der Waals surface area (Å²) in [7, 11) is 0. The monoisotopic (exact) mass is 612 g/mol. The van der Waals surface area contributed by atoms with Crippen molar-refractivity contribution in [3.05, 3.63) is 163 Å². The van der Waals surface area contributed by atoms with Gasteiger partial charge in [-0.05, 0) is 85.6 Å². The molecule has 0 N–H and O–H groups in total. The Morgan fingerprint density at radius 2 is 1.02 bits per heavy atom. The number of hydrogen-bond acceptors (Lipinski definition) is 2. The Hall–Kier alpha value is -6.12. The molecule has 2 aliphatic rings. The highest BCUT2D eigenvalue weighted by Crippen LogP contribution is 2.48. The molecule has 0 saturated carbocycles. The van der Waals surface area contributed by atoms with E-state index in [1.807, 2.05) is 12.1 Å². The van der Waals surface area contributed by atoms with E-state index in [0.29, 0.717) is 11.8 Å². The van der Waals surface area contributed by atoms with Gasteiger partial charge in [-0.1, -0.05) is 121 Å². The van der Waals surface area contributed by atoms with Gasteiger partial charge in [-0.15, -0.1) is 0 Å². The van der Waals surface area contributed by atoms with Gasteiger partial charge in [0.25, 0.3) is 0 Å². The lowest BCUT2D eigenvalue weighted by atomic mass is 9.74. The third-order valence-electron chi connectivity index (χ3n) is 10.6. The molecule has 0 amide bonds. The van der Waals surface area contributed by atoms with Crippen LogP contribution in [0.4, 0.5) is 0 Å². The third kappa shape index (κ3) is 3.52. The first-order chi connectivity index (χ1) is 23.8. The fourth-order valence-corrected chi connectivity index (χ4v) is 8.54. The molecule has 0 spiro atoms. The van der Waals surface area contributed by atoms with Gasteiger partial charge in [-0.3, -0.25) is 0 Å². The third-order valence-corrected chi connectivity index (χ3v) is 10.6. The number of hydrogen-bond donors (Lipinski definition) is 0. The van der Waals surface area contributed by atoms with Crippen LogP contribution in [0.25, 0.3) is 92.9 Å². The Kier molecular flexibility index (Phi) is 5.25. The predicted octanol–water partition coefficient (Wildman–Crippen LogP) is 12.9. The molecule has 2 heterocycles. The topological polar surface area (TPSA) is 26.3 Å². The lowest BCUT2D eigenvalue weighted by molar-refractivity contribution is 0.669. The van der Waals surface area contributed by atoms with Crippen molar-refractivity contribution in [2.24, 2.45) is 11.8 Å². The van der Waals surface area contributed by atoms with Gasteiger partial charge < -0.3 is 8.83 Å². The molecule has 2 aromatic heterocycles. The molecular weight excluding hydrogens is 585 g/mol. The van der Waals surface area contributed by atoms with Gasteiger partial charge in [0.2, 0.25) is 0 Å². The molecule has 0 aliphatic heterocycles. The van der Waals surface area contributed by atoms with Crippen molar-refractivity contribution in [3.63, 3.8) is 0 Å². The average molecular weight is 613 g/mol. The standard InChI is InChI=1S/C46H28O2/c1-2-12-29-27(10-1)11-9-18-30(29)44-33-15-5-3-13-31(33)43(32-14-4-6-16-34(32)44)28-20-24-41-39(26-28)37-22-21-35-36(46(37)48-41)23-25-42-45(35)38-17-7-8-19-40(38)47-42/h1-27,29H. The van der Waals surface area contributed by atoms with E-state index in [-0.39, 0.29) is 0 Å². The Morgan fingerprint density at radius 3 is 1.83 bits per heavy atom. The quantitative estimate of drug-likeness (QED) is 0.182. The molecule has 7 aromatic carbocycles. The van der Waals surface area contributed by atoms with Crippen LogP contribution >= 0.6 is 0 Å². The van der Waals surface area contributed by atoms with E-state index in [1.54, 1.807) is 0 Å². The van der Waals surface area contributed by atoms with E-state index in [9.17, 15) is 0 Å². The molecule has 0 fully saturated rings. The van der Waals surface area contributed by atoms with Gasteiger partial charge in [0.1, 0.15) is 22.3 Å². The zero-order chi connectivity index (χ0) is 31.3. The first-order valence-corrected chi connectivity index (χ1v) is 16.7. The fourth-order valence-electron chi connectivity index (χ4n) is 8.54. The molecule has 2 nitrogen and oxygen atoms in total. The number of fused-ring (bicyclic) bond motifs is 12. The molecule has 2 aliphatic carbocycles. The SMILES string of the molecule is C1=CC2C=CC=C(c3c4ccccc4c(-c4ccc5oc6c(ccc7c6ccc6oc8ccccc8c67)c5c4)c4ccccc34)C2C=C1. The van der Waals surface area contributed by atoms with Crippen molar-refractivity contribution in [3.8, 4) is 11.1 Å². The van der Waals surface area contributed by atoms with Crippen molar-refractivity contribution < 1.29 is 8.83 Å². The lowest BCUT2D eigenvalue weighted by Crippen LogP contribution is -2.15. The zero-order valence-electron chi connectivity index (χ0n) is 26.0. The highest BCUT2D eigenvalue weighted by molar-refractivity contribution is 6.26. The summed E-state index contributed by atoms with van der Waals surface area (Å²) in [6.45, 7) is 0. The van der Waals surface area contributed by atoms with Crippen LogP contribution in [0.15, 0.2) is 167 Å². The van der Waals surface area contributed by atoms with Crippen LogP contribution in [0.2, 0.25) is 0 Å². The summed E-state index contributed by atoms with van der Waals surface area (Å²) in [5, 5.41) is 11.9. The number of rotatable bonds is 2. The molecule has 0 radical (unpaired) electrons. The van der Waals surface area contributed by atoms with E-state index < -0.39 is 0 Å². The van der Waals surface area contributed by atoms with Gasteiger partial charge in [0, 0.05) is 38.8 Å². The molecule has 0 bridgehead atoms. The van der Waals surface area contributed by atoms with Gasteiger partial charge in [0.15, 0.2) is 0 Å². The molecule has 2 unspecified atom stereocenters. The van der Waals surface area contributed by atoms with Crippen LogP contribution in [0, 0.1) is 11.8 Å². The first kappa shape index (κ1) is 26.0. The summed E-state index contributed by atoms with van der Waals surface area (Å²) >= 11 is 0. The van der Waals surface area contributed by atoms with Gasteiger partial charge in [0.05, 0.1) is 0 Å². The van der Waals surface area contributed by atoms with E-state index in [0.717, 1.165) is 54.6 Å². The van der Waals surface area contributed by atoms with Crippen molar-refractivity contribution in [2.45, 2.75) is 0 Å². The Labute approximate surface area is 276 Å². The van der Waals surface area contributed by atoms with Crippen LogP contribution in [-0.4, -0.2) is 0 Å². The molecule has 11 rings (SSSR count). The second-order valence-corrected chi connectivity index (χ2v) is 13.1. The number of para-hydroxylation sites is 1. The van der Waals surface area contributed by atoms with E-state index in [1.165, 1.54) is 43.8 Å². The Bertz CT molecular complexity index is 2900. The summed E-state index contributed by atoms with van der Waals surface area (Å²) in [5.74, 6) is 0.700. The molecule has 9 aromatic rings. The Morgan fingerprint density at radius 1 is 0.417 bits per heavy atom. The lowest BCUT2D eigenvalue weighted by Gasteiger charge is -2.29. The minimum Gasteiger partial charge on any atom is -0.456 e. The number of allylic oxidation sites excluding steroid dienone is 8. The second kappa shape index (κ2) is 9.70. The smallest absolute Gasteiger partial charge is 0.143 e. The van der Waals surface area contributed by atoms with Crippen LogP contribution in [0.3, 0.4) is 0 Å². The van der Waals surface area contributed by atoms with Crippen LogP contribution in [0.1, 0.15) is 5.56 Å². The maximum Gasteiger partial charge on any atom is 0.143 e. The van der Waals surface area contributed by atoms with Crippen LogP contribution in [-0.2, 0) is 0 Å². The van der Waals surface area contributed by atoms with Gasteiger partial charge >= 0.3 is 0 Å². The Balaban J connectivity index is 1.17. The summed E-state index contributed by atoms with van der Waals surface area (Å²) in [5.41, 5.74) is 8.78. The maximum atomic E-state index is 6.66. The maximum absolute atomic E-state index is 6.66. The summed E-state index contributed by atoms with van der Waals surface area (Å²) in [6, 6.07) is 41.5. The van der Waals surface area contributed by atoms with Crippen molar-refractivity contribution in [1.29, 1.82) is 0 Å². The second-order valence-electron chi connectivity index (χ2n) is 13.1. The molecule has 2 atom stereocenters. The highest BCUT2D eigenvalue weighted by Gasteiger charge is 2.27. The molecule has 2 heteroatoms. The summed E-state index contributed by atoms with van der Waals surface area (Å²) < 4.78 is 12.9. The summed E-state index contributed by atoms with van der Waals surface area (Å²) in [4.78, 5) is 0. The van der Waals surface area contributed by atoms with Gasteiger partial charge in [-0.2, -0.15) is 0 Å². The predicted molar refractivity (Wildman–Crippen MR) is 201 cm³/mol. The average Bonchev–Trinajstić information content (AvgIpc) is 3.72. The van der Waals surface area contributed by atoms with Gasteiger partial charge in [-0.25, -0.2) is 0 Å². The molecular formula is C46H28O2. The molecule has 0 saturated heterocycles. The van der Waals surface area contributed by atoms with Crippen molar-refractivity contribution in [1.82, 2.24) is 0 Å². The van der Waals surface area contributed by atoms with Crippen molar-refractivity contribution in [2.75, 3.05) is 0 Å². The fraction of sp³-hybridized carbons (Fsp3) is 0.0435. The number of benzene rings is 7. The van der Waals surface area contributed by atoms with E-state index in [4.69, 9.17) is 8.83 Å². The van der Waals surface area contributed by atoms with E-state index >= 15 is 0 Å². The number of furan rings is 2. The van der Waals surface area contributed by atoms with E-state index in [2.05, 4.69) is 146 Å². The van der Waals surface area contributed by atoms with Crippen molar-refractivity contribution >= 4 is 81.8 Å². The molecule has 48 heavy (non-hydrogen) atoms. The van der Waals surface area contributed by atoms with Crippen LogP contribution in [0.5, 0.6) is 0 Å². The minimum atomic E-state index is 0.322. The first-order valence-electron chi connectivity index (χ1n) is 16.7.